The molecule has 4 aliphatic rings. The molecule has 0 bridgehead atoms. The van der Waals surface area contributed by atoms with Crippen LogP contribution in [-0.4, -0.2) is 38.9 Å². The lowest BCUT2D eigenvalue weighted by Crippen LogP contribution is -2.52. The molecule has 1 N–H and O–H groups in total. The van der Waals surface area contributed by atoms with Crippen molar-refractivity contribution in [2.24, 2.45) is 46.8 Å². The van der Waals surface area contributed by atoms with Crippen LogP contribution in [0.4, 0.5) is 0 Å². The van der Waals surface area contributed by atoms with Gasteiger partial charge >= 0.3 is 0 Å². The van der Waals surface area contributed by atoms with Crippen LogP contribution in [0.2, 0.25) is 0 Å². The van der Waals surface area contributed by atoms with E-state index in [9.17, 15) is 5.11 Å². The molecule has 5 nitrogen and oxygen atoms in total. The summed E-state index contributed by atoms with van der Waals surface area (Å²) in [6.07, 6.45) is 15.3. The molecule has 0 amide bonds. The highest BCUT2D eigenvalue weighted by molar-refractivity contribution is 5.07. The fourth-order valence-electron chi connectivity index (χ4n) is 9.11. The van der Waals surface area contributed by atoms with E-state index in [4.69, 9.17) is 4.74 Å². The smallest absolute Gasteiger partial charge is 0.0883 e. The normalized spacial score (nSPS) is 45.5. The van der Waals surface area contributed by atoms with E-state index in [2.05, 4.69) is 24.2 Å². The molecule has 9 atom stereocenters. The van der Waals surface area contributed by atoms with Gasteiger partial charge in [0.05, 0.1) is 18.4 Å². The SMILES string of the molecule is CCOC[C@@]1(O)CC[C@H]2[C@H](CC[C@@H]3[C@@H]2CC[C@]2(C)[C@@H]([C@@H](C)Cn4ccnn4)CC[C@@H]32)C1. The highest BCUT2D eigenvalue weighted by Gasteiger charge is 2.58. The maximum Gasteiger partial charge on any atom is 0.0883 e. The largest absolute Gasteiger partial charge is 0.387 e. The Morgan fingerprint density at radius 2 is 1.94 bits per heavy atom. The first-order valence-corrected chi connectivity index (χ1v) is 13.1. The summed E-state index contributed by atoms with van der Waals surface area (Å²) in [7, 11) is 0. The summed E-state index contributed by atoms with van der Waals surface area (Å²) < 4.78 is 7.68. The average Bonchev–Trinajstić information content (AvgIpc) is 3.39. The van der Waals surface area contributed by atoms with Crippen molar-refractivity contribution in [2.45, 2.75) is 90.7 Å². The van der Waals surface area contributed by atoms with E-state index in [1.54, 1.807) is 6.20 Å². The molecule has 0 aliphatic heterocycles. The number of fused-ring (bicyclic) bond motifs is 5. The first kappa shape index (κ1) is 21.9. The van der Waals surface area contributed by atoms with Crippen LogP contribution in [-0.2, 0) is 11.3 Å². The van der Waals surface area contributed by atoms with E-state index < -0.39 is 5.60 Å². The van der Waals surface area contributed by atoms with Crippen molar-refractivity contribution in [2.75, 3.05) is 13.2 Å². The zero-order valence-electron chi connectivity index (χ0n) is 19.9. The summed E-state index contributed by atoms with van der Waals surface area (Å²) in [6, 6.07) is 0. The van der Waals surface area contributed by atoms with Gasteiger partial charge in [-0.2, -0.15) is 0 Å². The number of aromatic nitrogens is 3. The van der Waals surface area contributed by atoms with Crippen molar-refractivity contribution < 1.29 is 9.84 Å². The topological polar surface area (TPSA) is 60.2 Å². The van der Waals surface area contributed by atoms with Gasteiger partial charge in [0.2, 0.25) is 0 Å². The van der Waals surface area contributed by atoms with Crippen LogP contribution in [0.25, 0.3) is 0 Å². The van der Waals surface area contributed by atoms with Crippen molar-refractivity contribution >= 4 is 0 Å². The van der Waals surface area contributed by atoms with Crippen molar-refractivity contribution in [3.05, 3.63) is 12.4 Å². The second kappa shape index (κ2) is 8.44. The van der Waals surface area contributed by atoms with Gasteiger partial charge in [0, 0.05) is 19.3 Å². The van der Waals surface area contributed by atoms with Crippen LogP contribution in [0.5, 0.6) is 0 Å². The van der Waals surface area contributed by atoms with Gasteiger partial charge in [0.25, 0.3) is 0 Å². The van der Waals surface area contributed by atoms with Crippen molar-refractivity contribution in [3.8, 4) is 0 Å². The van der Waals surface area contributed by atoms with E-state index in [1.807, 2.05) is 17.8 Å². The van der Waals surface area contributed by atoms with E-state index >= 15 is 0 Å². The molecule has 5 rings (SSSR count). The van der Waals surface area contributed by atoms with Gasteiger partial charge in [-0.3, -0.25) is 4.68 Å². The van der Waals surface area contributed by atoms with Crippen LogP contribution in [0.1, 0.15) is 78.6 Å². The number of ether oxygens (including phenoxy) is 1. The maximum atomic E-state index is 11.1. The molecule has 4 saturated carbocycles. The van der Waals surface area contributed by atoms with Gasteiger partial charge in [-0.15, -0.1) is 5.10 Å². The van der Waals surface area contributed by atoms with Crippen LogP contribution in [0, 0.1) is 46.8 Å². The minimum atomic E-state index is -0.567. The Balaban J connectivity index is 1.26. The van der Waals surface area contributed by atoms with Crippen molar-refractivity contribution in [1.82, 2.24) is 15.0 Å². The number of hydrogen-bond donors (Lipinski definition) is 1. The Kier molecular flexibility index (Phi) is 5.96. The van der Waals surface area contributed by atoms with Gasteiger partial charge < -0.3 is 9.84 Å². The predicted octanol–water partition coefficient (Wildman–Crippen LogP) is 4.95. The quantitative estimate of drug-likeness (QED) is 0.695. The molecule has 1 aromatic rings. The fourth-order valence-corrected chi connectivity index (χ4v) is 9.11. The summed E-state index contributed by atoms with van der Waals surface area (Å²) in [5.74, 6) is 5.75. The molecular weight excluding hydrogens is 386 g/mol. The lowest BCUT2D eigenvalue weighted by atomic mass is 9.48. The van der Waals surface area contributed by atoms with Crippen molar-refractivity contribution in [1.29, 1.82) is 0 Å². The summed E-state index contributed by atoms with van der Waals surface area (Å²) in [4.78, 5) is 0. The molecule has 0 radical (unpaired) electrons. The van der Waals surface area contributed by atoms with Gasteiger partial charge in [0.15, 0.2) is 0 Å². The van der Waals surface area contributed by atoms with Crippen LogP contribution in [0.15, 0.2) is 12.4 Å². The minimum Gasteiger partial charge on any atom is -0.387 e. The van der Waals surface area contributed by atoms with Crippen LogP contribution >= 0.6 is 0 Å². The molecule has 1 aromatic heterocycles. The standard InChI is InChI=1S/C26H43N3O2/c1-4-31-17-26(30)12-10-20-19(15-26)5-6-22-21(20)9-11-25(3)23(7-8-24(22)25)18(2)16-29-14-13-27-28-29/h13-14,18-24,30H,4-12,15-17H2,1-3H3/t18-,19+,20-,21+,22+,23+,24-,25+,26+/m0/s1. The zero-order valence-corrected chi connectivity index (χ0v) is 19.9. The Labute approximate surface area is 188 Å². The molecule has 1 heterocycles. The number of nitrogens with zero attached hydrogens (tertiary/aromatic N) is 3. The lowest BCUT2D eigenvalue weighted by Gasteiger charge is -2.57. The highest BCUT2D eigenvalue weighted by atomic mass is 16.5. The van der Waals surface area contributed by atoms with E-state index in [0.29, 0.717) is 30.5 Å². The van der Waals surface area contributed by atoms with Crippen LogP contribution in [0.3, 0.4) is 0 Å². The molecule has 4 aliphatic carbocycles. The molecule has 0 aromatic carbocycles. The molecule has 0 spiro atoms. The molecule has 5 heteroatoms. The van der Waals surface area contributed by atoms with Gasteiger partial charge in [0.1, 0.15) is 0 Å². The predicted molar refractivity (Wildman–Crippen MR) is 121 cm³/mol. The number of hydrogen-bond acceptors (Lipinski definition) is 4. The van der Waals surface area contributed by atoms with E-state index in [-0.39, 0.29) is 0 Å². The Morgan fingerprint density at radius 1 is 1.10 bits per heavy atom. The molecule has 174 valence electrons. The Bertz CT molecular complexity index is 739. The second-order valence-corrected chi connectivity index (χ2v) is 11.9. The minimum absolute atomic E-state index is 0.498. The molecule has 0 unspecified atom stereocenters. The third-order valence-electron chi connectivity index (χ3n) is 10.4. The highest BCUT2D eigenvalue weighted by Crippen LogP contribution is 2.65. The lowest BCUT2D eigenvalue weighted by molar-refractivity contribution is -0.129. The summed E-state index contributed by atoms with van der Waals surface area (Å²) >= 11 is 0. The van der Waals surface area contributed by atoms with E-state index in [1.165, 1.54) is 44.9 Å². The molecular formula is C26H43N3O2. The first-order chi connectivity index (χ1) is 14.9. The van der Waals surface area contributed by atoms with Crippen molar-refractivity contribution in [3.63, 3.8) is 0 Å². The molecule has 0 saturated heterocycles. The first-order valence-electron chi connectivity index (χ1n) is 13.1. The van der Waals surface area contributed by atoms with E-state index in [0.717, 1.165) is 49.0 Å². The second-order valence-electron chi connectivity index (χ2n) is 11.9. The number of rotatable bonds is 6. The van der Waals surface area contributed by atoms with Gasteiger partial charge in [-0.05, 0) is 112 Å². The summed E-state index contributed by atoms with van der Waals surface area (Å²) in [6.45, 7) is 9.36. The summed E-state index contributed by atoms with van der Waals surface area (Å²) in [5.41, 5.74) is -0.0686. The third kappa shape index (κ3) is 3.88. The van der Waals surface area contributed by atoms with Crippen LogP contribution < -0.4 is 0 Å². The fraction of sp³-hybridized carbons (Fsp3) is 0.923. The molecule has 4 fully saturated rings. The molecule has 31 heavy (non-hydrogen) atoms. The number of aliphatic hydroxyl groups is 1. The average molecular weight is 430 g/mol. The Morgan fingerprint density at radius 3 is 2.71 bits per heavy atom. The van der Waals surface area contributed by atoms with Gasteiger partial charge in [-0.1, -0.05) is 19.1 Å². The third-order valence-corrected chi connectivity index (χ3v) is 10.4. The zero-order chi connectivity index (χ0) is 21.6. The monoisotopic (exact) mass is 429 g/mol. The Hall–Kier alpha value is -0.940. The summed E-state index contributed by atoms with van der Waals surface area (Å²) in [5, 5.41) is 19.3. The van der Waals surface area contributed by atoms with Gasteiger partial charge in [-0.25, -0.2) is 0 Å². The maximum absolute atomic E-state index is 11.1.